The fourth-order valence-corrected chi connectivity index (χ4v) is 1.88. The maximum Gasteiger partial charge on any atom is 0.0622 e. The lowest BCUT2D eigenvalue weighted by molar-refractivity contribution is 0.143. The van der Waals surface area contributed by atoms with Crippen molar-refractivity contribution in [3.05, 3.63) is 0 Å². The Morgan fingerprint density at radius 3 is 3.00 bits per heavy atom. The first-order chi connectivity index (χ1) is 7.84. The van der Waals surface area contributed by atoms with E-state index in [-0.39, 0.29) is 0 Å². The highest BCUT2D eigenvalue weighted by Crippen LogP contribution is 2.09. The van der Waals surface area contributed by atoms with Crippen molar-refractivity contribution in [3.63, 3.8) is 0 Å². The molecule has 0 saturated carbocycles. The van der Waals surface area contributed by atoms with Gasteiger partial charge in [0.05, 0.1) is 6.61 Å². The van der Waals surface area contributed by atoms with E-state index in [1.165, 1.54) is 6.42 Å². The zero-order valence-electron chi connectivity index (χ0n) is 10.7. The molecule has 0 aliphatic carbocycles. The number of nitrogens with zero attached hydrogens (tertiary/aromatic N) is 1. The first-order valence-corrected chi connectivity index (χ1v) is 6.41. The third-order valence-corrected chi connectivity index (χ3v) is 3.02. The molecule has 0 aromatic rings. The Morgan fingerprint density at radius 2 is 2.31 bits per heavy atom. The molecule has 1 unspecified atom stereocenters. The molecule has 1 heterocycles. The van der Waals surface area contributed by atoms with Crippen LogP contribution in [0.2, 0.25) is 0 Å². The van der Waals surface area contributed by atoms with Gasteiger partial charge < -0.3 is 14.8 Å². The molecule has 0 bridgehead atoms. The van der Waals surface area contributed by atoms with Crippen molar-refractivity contribution in [3.8, 4) is 0 Å². The molecule has 1 N–H and O–H groups in total. The summed E-state index contributed by atoms with van der Waals surface area (Å²) in [5, 5.41) is 3.44. The van der Waals surface area contributed by atoms with Crippen molar-refractivity contribution in [1.29, 1.82) is 0 Å². The van der Waals surface area contributed by atoms with Crippen molar-refractivity contribution in [2.45, 2.75) is 25.8 Å². The topological polar surface area (TPSA) is 33.7 Å². The molecular weight excluding hydrogens is 204 g/mol. The third kappa shape index (κ3) is 5.80. The fraction of sp³-hybridized carbons (Fsp3) is 1.00. The summed E-state index contributed by atoms with van der Waals surface area (Å²) >= 11 is 0. The maximum atomic E-state index is 5.37. The molecule has 0 aromatic carbocycles. The van der Waals surface area contributed by atoms with Crippen molar-refractivity contribution < 1.29 is 9.47 Å². The van der Waals surface area contributed by atoms with Crippen molar-refractivity contribution in [1.82, 2.24) is 10.2 Å². The number of rotatable bonds is 9. The average molecular weight is 230 g/mol. The normalized spacial score (nSPS) is 20.8. The smallest absolute Gasteiger partial charge is 0.0622 e. The van der Waals surface area contributed by atoms with Gasteiger partial charge in [-0.15, -0.1) is 0 Å². The summed E-state index contributed by atoms with van der Waals surface area (Å²) in [6, 6.07) is 0.630. The third-order valence-electron chi connectivity index (χ3n) is 3.02. The zero-order valence-corrected chi connectivity index (χ0v) is 10.7. The Bertz CT molecular complexity index is 161. The van der Waals surface area contributed by atoms with Crippen LogP contribution in [0.3, 0.4) is 0 Å². The molecular formula is C12H26N2O2. The van der Waals surface area contributed by atoms with Crippen LogP contribution in [-0.4, -0.2) is 64.1 Å². The molecule has 1 rings (SSSR count). The van der Waals surface area contributed by atoms with Gasteiger partial charge in [0.25, 0.3) is 0 Å². The summed E-state index contributed by atoms with van der Waals surface area (Å²) in [5.41, 5.74) is 0. The summed E-state index contributed by atoms with van der Waals surface area (Å²) in [7, 11) is 2.18. The largest absolute Gasteiger partial charge is 0.382 e. The molecule has 0 aromatic heterocycles. The van der Waals surface area contributed by atoms with Gasteiger partial charge in [0.1, 0.15) is 0 Å². The Kier molecular flexibility index (Phi) is 7.76. The molecule has 1 saturated heterocycles. The number of hydrogen-bond acceptors (Lipinski definition) is 4. The van der Waals surface area contributed by atoms with Gasteiger partial charge in [0.2, 0.25) is 0 Å². The van der Waals surface area contributed by atoms with Crippen molar-refractivity contribution in [2.75, 3.05) is 53.1 Å². The standard InChI is InChI=1S/C12H26N2O2/c1-3-15-9-4-6-13-7-8-14(2)12-5-10-16-11-12/h12-13H,3-11H2,1-2H3. The van der Waals surface area contributed by atoms with Crippen LogP contribution in [0.1, 0.15) is 19.8 Å². The van der Waals surface area contributed by atoms with Crippen LogP contribution in [0.25, 0.3) is 0 Å². The Hall–Kier alpha value is -0.160. The lowest BCUT2D eigenvalue weighted by Crippen LogP contribution is -2.37. The van der Waals surface area contributed by atoms with Crippen LogP contribution in [-0.2, 0) is 9.47 Å². The number of hydrogen-bond donors (Lipinski definition) is 1. The summed E-state index contributed by atoms with van der Waals surface area (Å²) in [5.74, 6) is 0. The molecule has 1 fully saturated rings. The van der Waals surface area contributed by atoms with Crippen LogP contribution in [0, 0.1) is 0 Å². The number of nitrogens with one attached hydrogen (secondary N) is 1. The van der Waals surface area contributed by atoms with Gasteiger partial charge in [-0.3, -0.25) is 4.90 Å². The molecule has 4 nitrogen and oxygen atoms in total. The van der Waals surface area contributed by atoms with E-state index in [0.29, 0.717) is 6.04 Å². The first-order valence-electron chi connectivity index (χ1n) is 6.41. The van der Waals surface area contributed by atoms with Crippen molar-refractivity contribution >= 4 is 0 Å². The number of ether oxygens (including phenoxy) is 2. The van der Waals surface area contributed by atoms with Gasteiger partial charge in [-0.25, -0.2) is 0 Å². The Morgan fingerprint density at radius 1 is 1.44 bits per heavy atom. The van der Waals surface area contributed by atoms with Crippen LogP contribution >= 0.6 is 0 Å². The molecule has 1 aliphatic rings. The van der Waals surface area contributed by atoms with Gasteiger partial charge in [-0.2, -0.15) is 0 Å². The minimum atomic E-state index is 0.630. The lowest BCUT2D eigenvalue weighted by Gasteiger charge is -2.22. The second kappa shape index (κ2) is 8.93. The molecule has 1 aliphatic heterocycles. The molecule has 4 heteroatoms. The minimum Gasteiger partial charge on any atom is -0.382 e. The predicted molar refractivity (Wildman–Crippen MR) is 65.8 cm³/mol. The van der Waals surface area contributed by atoms with E-state index in [2.05, 4.69) is 17.3 Å². The van der Waals surface area contributed by atoms with E-state index >= 15 is 0 Å². The maximum absolute atomic E-state index is 5.37. The summed E-state index contributed by atoms with van der Waals surface area (Å²) in [6.45, 7) is 8.76. The summed E-state index contributed by atoms with van der Waals surface area (Å²) < 4.78 is 10.6. The predicted octanol–water partition coefficient (Wildman–Crippen LogP) is 0.723. The molecule has 0 amide bonds. The van der Waals surface area contributed by atoms with E-state index in [0.717, 1.165) is 52.5 Å². The highest BCUT2D eigenvalue weighted by atomic mass is 16.5. The van der Waals surface area contributed by atoms with E-state index in [1.807, 2.05) is 6.92 Å². The van der Waals surface area contributed by atoms with E-state index < -0.39 is 0 Å². The van der Waals surface area contributed by atoms with Gasteiger partial charge in [0.15, 0.2) is 0 Å². The van der Waals surface area contributed by atoms with Gasteiger partial charge >= 0.3 is 0 Å². The first kappa shape index (κ1) is 13.9. The lowest BCUT2D eigenvalue weighted by atomic mass is 10.2. The highest BCUT2D eigenvalue weighted by molar-refractivity contribution is 4.73. The van der Waals surface area contributed by atoms with Crippen LogP contribution in [0.15, 0.2) is 0 Å². The monoisotopic (exact) mass is 230 g/mol. The van der Waals surface area contributed by atoms with Gasteiger partial charge in [0, 0.05) is 39.0 Å². The number of likely N-dealkylation sites (N-methyl/N-ethyl adjacent to an activating group) is 1. The Labute approximate surface area is 99.3 Å². The van der Waals surface area contributed by atoms with Crippen LogP contribution < -0.4 is 5.32 Å². The van der Waals surface area contributed by atoms with Crippen LogP contribution in [0.4, 0.5) is 0 Å². The molecule has 16 heavy (non-hydrogen) atoms. The van der Waals surface area contributed by atoms with E-state index in [4.69, 9.17) is 9.47 Å². The van der Waals surface area contributed by atoms with Gasteiger partial charge in [-0.05, 0) is 33.4 Å². The zero-order chi connectivity index (χ0) is 11.6. The minimum absolute atomic E-state index is 0.630. The Balaban J connectivity index is 1.86. The van der Waals surface area contributed by atoms with Crippen molar-refractivity contribution in [2.24, 2.45) is 0 Å². The van der Waals surface area contributed by atoms with E-state index in [9.17, 15) is 0 Å². The fourth-order valence-electron chi connectivity index (χ4n) is 1.88. The molecule has 0 spiro atoms. The molecule has 1 atom stereocenters. The summed E-state index contributed by atoms with van der Waals surface area (Å²) in [4.78, 5) is 2.39. The highest BCUT2D eigenvalue weighted by Gasteiger charge is 2.19. The molecule has 0 radical (unpaired) electrons. The van der Waals surface area contributed by atoms with Crippen LogP contribution in [0.5, 0.6) is 0 Å². The average Bonchev–Trinajstić information content (AvgIpc) is 2.81. The summed E-state index contributed by atoms with van der Waals surface area (Å²) in [6.07, 6.45) is 2.28. The quantitative estimate of drug-likeness (QED) is 0.592. The second-order valence-corrected chi connectivity index (χ2v) is 4.30. The van der Waals surface area contributed by atoms with E-state index in [1.54, 1.807) is 0 Å². The van der Waals surface area contributed by atoms with Gasteiger partial charge in [-0.1, -0.05) is 0 Å². The SMILES string of the molecule is CCOCCCNCCN(C)C1CCOC1. The molecule has 96 valence electrons. The second-order valence-electron chi connectivity index (χ2n) is 4.30.